The van der Waals surface area contributed by atoms with Crippen LogP contribution in [0.5, 0.6) is 11.5 Å². The maximum atomic E-state index is 10.7. The number of rotatable bonds is 1. The molecule has 0 atom stereocenters. The second-order valence-corrected chi connectivity index (χ2v) is 5.89. The number of phenols is 2. The summed E-state index contributed by atoms with van der Waals surface area (Å²) in [4.78, 5) is 10.7. The first-order valence-corrected chi connectivity index (χ1v) is 8.20. The van der Waals surface area contributed by atoms with Crippen molar-refractivity contribution in [1.82, 2.24) is 0 Å². The number of carbonyl (C=O) groups excluding carboxylic acids is 1. The van der Waals surface area contributed by atoms with Crippen molar-refractivity contribution >= 4 is 59.0 Å². The van der Waals surface area contributed by atoms with Gasteiger partial charge < -0.3 is 21.3 Å². The van der Waals surface area contributed by atoms with E-state index in [0.29, 0.717) is 16.8 Å². The number of anilines is 2. The van der Waals surface area contributed by atoms with Gasteiger partial charge in [-0.15, -0.1) is 12.4 Å². The summed E-state index contributed by atoms with van der Waals surface area (Å²) in [6, 6.07) is 21.2. The molecule has 0 spiro atoms. The van der Waals surface area contributed by atoms with E-state index >= 15 is 0 Å². The number of nitrogen functional groups attached to an aromatic ring is 1. The fraction of sp³-hybridized carbons (Fsp3) is 0. The molecule has 0 bridgehead atoms. The zero-order chi connectivity index (χ0) is 19.4. The van der Waals surface area contributed by atoms with Crippen LogP contribution >= 0.6 is 12.4 Å². The van der Waals surface area contributed by atoms with Gasteiger partial charge in [0.05, 0.1) is 0 Å². The Morgan fingerprint density at radius 2 is 1.21 bits per heavy atom. The van der Waals surface area contributed by atoms with Crippen molar-refractivity contribution in [2.75, 3.05) is 11.1 Å². The van der Waals surface area contributed by atoms with Crippen molar-refractivity contribution in [3.8, 4) is 11.5 Å². The second kappa shape index (κ2) is 9.02. The molecule has 0 aromatic heterocycles. The van der Waals surface area contributed by atoms with E-state index in [2.05, 4.69) is 5.32 Å². The van der Waals surface area contributed by atoms with Crippen LogP contribution in [0.2, 0.25) is 0 Å². The first-order chi connectivity index (χ1) is 13.0. The number of halogens is 1. The Kier molecular flexibility index (Phi) is 6.74. The average Bonchev–Trinajstić information content (AvgIpc) is 2.68. The minimum atomic E-state index is -0.620. The van der Waals surface area contributed by atoms with E-state index in [9.17, 15) is 15.0 Å². The van der Waals surface area contributed by atoms with E-state index in [1.165, 1.54) is 6.07 Å². The Balaban J connectivity index is 0.000000198. The summed E-state index contributed by atoms with van der Waals surface area (Å²) in [7, 11) is 5.04. The van der Waals surface area contributed by atoms with Gasteiger partial charge in [0.25, 0.3) is 0 Å². The molecule has 28 heavy (non-hydrogen) atoms. The molecule has 0 fully saturated rings. The quantitative estimate of drug-likeness (QED) is 0.213. The predicted octanol–water partition coefficient (Wildman–Crippen LogP) is 4.80. The van der Waals surface area contributed by atoms with Crippen molar-refractivity contribution in [3.05, 3.63) is 72.8 Å². The smallest absolute Gasteiger partial charge is 0.201 e. The molecule has 1 amide bonds. The number of fused-ring (bicyclic) bond motifs is 2. The number of nitrogens with two attached hydrogens (primary N) is 1. The molecule has 0 heterocycles. The Hall–Kier alpha value is -3.38. The molecule has 0 aliphatic rings. The SMILES string of the molecule is Cl.Nc1ccc(O)c2ccccc12.[B]C(=O)Nc1ccc(O)c2ccccc12. The van der Waals surface area contributed by atoms with Gasteiger partial charge in [-0.1, -0.05) is 48.5 Å². The van der Waals surface area contributed by atoms with E-state index in [0.717, 1.165) is 16.2 Å². The molecule has 7 heteroatoms. The van der Waals surface area contributed by atoms with Crippen LogP contribution in [0, 0.1) is 0 Å². The van der Waals surface area contributed by atoms with Gasteiger partial charge in [-0.2, -0.15) is 0 Å². The second-order valence-electron chi connectivity index (χ2n) is 5.89. The lowest BCUT2D eigenvalue weighted by atomic mass is 10.1. The number of benzene rings is 4. The van der Waals surface area contributed by atoms with Crippen LogP contribution in [-0.2, 0) is 0 Å². The van der Waals surface area contributed by atoms with Gasteiger partial charge in [-0.25, -0.2) is 0 Å². The summed E-state index contributed by atoms with van der Waals surface area (Å²) in [6.07, 6.45) is 0. The maximum absolute atomic E-state index is 10.7. The van der Waals surface area contributed by atoms with Crippen LogP contribution in [0.25, 0.3) is 21.5 Å². The Labute approximate surface area is 169 Å². The lowest BCUT2D eigenvalue weighted by Crippen LogP contribution is -2.08. The number of aromatic hydroxyl groups is 2. The summed E-state index contributed by atoms with van der Waals surface area (Å²) in [6.45, 7) is 0. The van der Waals surface area contributed by atoms with Crippen LogP contribution in [0.3, 0.4) is 0 Å². The standard InChI is InChI=1S/C11H8BNO2.C10H9NO.ClH/c12-11(15)13-9-5-6-10(14)8-4-2-1-3-7(8)9;11-9-5-6-10(12)8-4-2-1-3-7(8)9;/h1-6,14H,(H,13,15);1-6,12H,11H2;1H. The maximum Gasteiger partial charge on any atom is 0.201 e. The van der Waals surface area contributed by atoms with E-state index in [1.54, 1.807) is 30.3 Å². The van der Waals surface area contributed by atoms with E-state index in [-0.39, 0.29) is 23.9 Å². The fourth-order valence-electron chi connectivity index (χ4n) is 2.83. The summed E-state index contributed by atoms with van der Waals surface area (Å²) >= 11 is 0. The fourth-order valence-corrected chi connectivity index (χ4v) is 2.83. The van der Waals surface area contributed by atoms with Crippen molar-refractivity contribution < 1.29 is 15.0 Å². The van der Waals surface area contributed by atoms with Crippen molar-refractivity contribution in [2.24, 2.45) is 0 Å². The van der Waals surface area contributed by atoms with Crippen molar-refractivity contribution in [2.45, 2.75) is 0 Å². The topological polar surface area (TPSA) is 95.6 Å². The first-order valence-electron chi connectivity index (χ1n) is 8.20. The molecule has 2 radical (unpaired) electrons. The normalized spacial score (nSPS) is 9.86. The molecule has 4 aromatic rings. The highest BCUT2D eigenvalue weighted by Gasteiger charge is 2.05. The summed E-state index contributed by atoms with van der Waals surface area (Å²) < 4.78 is 0. The molecule has 0 saturated heterocycles. The Morgan fingerprint density at radius 1 is 0.750 bits per heavy atom. The van der Waals surface area contributed by atoms with Crippen LogP contribution in [0.1, 0.15) is 0 Å². The average molecular weight is 393 g/mol. The highest BCUT2D eigenvalue weighted by molar-refractivity contribution is 6.60. The molecule has 0 aliphatic carbocycles. The van der Waals surface area contributed by atoms with Crippen LogP contribution in [0.15, 0.2) is 72.8 Å². The minimum Gasteiger partial charge on any atom is -0.507 e. The molecule has 140 valence electrons. The third-order valence-electron chi connectivity index (χ3n) is 4.09. The summed E-state index contributed by atoms with van der Waals surface area (Å²) in [5.74, 6) is -0.161. The summed E-state index contributed by atoms with van der Waals surface area (Å²) in [5.41, 5.74) is 7.01. The largest absolute Gasteiger partial charge is 0.507 e. The van der Waals surface area contributed by atoms with E-state index in [1.807, 2.05) is 36.4 Å². The van der Waals surface area contributed by atoms with E-state index < -0.39 is 5.81 Å². The highest BCUT2D eigenvalue weighted by atomic mass is 35.5. The Morgan fingerprint density at radius 3 is 1.75 bits per heavy atom. The van der Waals surface area contributed by atoms with Crippen molar-refractivity contribution in [3.63, 3.8) is 0 Å². The molecule has 0 aliphatic heterocycles. The lowest BCUT2D eigenvalue weighted by molar-refractivity contribution is 0.269. The third-order valence-corrected chi connectivity index (χ3v) is 4.09. The number of hydrogen-bond donors (Lipinski definition) is 4. The van der Waals surface area contributed by atoms with Crippen LogP contribution in [-0.4, -0.2) is 23.9 Å². The number of nitrogens with one attached hydrogen (secondary N) is 1. The van der Waals surface area contributed by atoms with Gasteiger partial charge in [0.2, 0.25) is 7.85 Å². The van der Waals surface area contributed by atoms with E-state index in [4.69, 9.17) is 13.6 Å². The number of phenolic OH excluding ortho intramolecular Hbond substituents is 2. The van der Waals surface area contributed by atoms with Gasteiger partial charge in [-0.05, 0) is 24.3 Å². The molecule has 4 rings (SSSR count). The third kappa shape index (κ3) is 4.47. The first kappa shape index (κ1) is 20.9. The molecule has 5 N–H and O–H groups in total. The monoisotopic (exact) mass is 392 g/mol. The van der Waals surface area contributed by atoms with Crippen molar-refractivity contribution in [1.29, 1.82) is 0 Å². The van der Waals surface area contributed by atoms with Gasteiger partial charge in [0, 0.05) is 32.9 Å². The zero-order valence-electron chi connectivity index (χ0n) is 14.8. The van der Waals surface area contributed by atoms with Crippen LogP contribution in [0.4, 0.5) is 16.2 Å². The predicted molar refractivity (Wildman–Crippen MR) is 118 cm³/mol. The number of hydrogen-bond acceptors (Lipinski definition) is 4. The molecule has 5 nitrogen and oxygen atoms in total. The Bertz CT molecular complexity index is 1090. The molecule has 4 aromatic carbocycles. The van der Waals surface area contributed by atoms with Crippen LogP contribution < -0.4 is 11.1 Å². The van der Waals surface area contributed by atoms with Gasteiger partial charge in [0.15, 0.2) is 5.81 Å². The zero-order valence-corrected chi connectivity index (χ0v) is 15.6. The molecule has 0 saturated carbocycles. The molecule has 0 unspecified atom stereocenters. The van der Waals surface area contributed by atoms with Gasteiger partial charge in [0.1, 0.15) is 11.5 Å². The van der Waals surface area contributed by atoms with Gasteiger partial charge >= 0.3 is 0 Å². The lowest BCUT2D eigenvalue weighted by Gasteiger charge is -2.08. The number of carbonyl (C=O) groups is 1. The van der Waals surface area contributed by atoms with Gasteiger partial charge in [-0.3, -0.25) is 4.79 Å². The number of amides is 1. The minimum absolute atomic E-state index is 0. The molecular formula is C21H18BClN2O3. The summed E-state index contributed by atoms with van der Waals surface area (Å²) in [5, 5.41) is 24.7. The molecular weight excluding hydrogens is 375 g/mol. The highest BCUT2D eigenvalue weighted by Crippen LogP contribution is 2.30.